The first-order valence-electron chi connectivity index (χ1n) is 13.5. The van der Waals surface area contributed by atoms with Crippen LogP contribution in [0.1, 0.15) is 56.0 Å². The topological polar surface area (TPSA) is 85.3 Å². The third-order valence-corrected chi connectivity index (χ3v) is 12.3. The number of nitrogens with zero attached hydrogens (tertiary/aromatic N) is 1. The predicted molar refractivity (Wildman–Crippen MR) is 150 cm³/mol. The molecule has 7 nitrogen and oxygen atoms in total. The van der Waals surface area contributed by atoms with Gasteiger partial charge in [-0.1, -0.05) is 69.3 Å². The van der Waals surface area contributed by atoms with Crippen LogP contribution in [0.3, 0.4) is 0 Å². The molecule has 2 aromatic rings. The molecule has 0 unspecified atom stereocenters. The molecule has 3 atom stereocenters. The number of esters is 1. The lowest BCUT2D eigenvalue weighted by atomic mass is 9.85. The Kier molecular flexibility index (Phi) is 10.5. The molecule has 1 heterocycles. The first-order valence-corrected chi connectivity index (χ1v) is 16.4. The maximum absolute atomic E-state index is 13.2. The summed E-state index contributed by atoms with van der Waals surface area (Å²) in [6, 6.07) is 18.2. The van der Waals surface area contributed by atoms with E-state index in [1.165, 1.54) is 0 Å². The minimum Gasteiger partial charge on any atom is -0.462 e. The number of hydrogen-bond acceptors (Lipinski definition) is 6. The van der Waals surface area contributed by atoms with Gasteiger partial charge in [0.1, 0.15) is 6.61 Å². The van der Waals surface area contributed by atoms with Gasteiger partial charge < -0.3 is 23.9 Å². The fourth-order valence-corrected chi connectivity index (χ4v) is 5.98. The van der Waals surface area contributed by atoms with Crippen LogP contribution in [0.25, 0.3) is 0 Å². The van der Waals surface area contributed by atoms with Gasteiger partial charge in [-0.25, -0.2) is 9.59 Å². The first-order chi connectivity index (χ1) is 18.0. The van der Waals surface area contributed by atoms with Crippen molar-refractivity contribution in [3.63, 3.8) is 0 Å². The van der Waals surface area contributed by atoms with E-state index in [9.17, 15) is 14.7 Å². The van der Waals surface area contributed by atoms with Crippen molar-refractivity contribution in [2.75, 3.05) is 19.8 Å². The second-order valence-electron chi connectivity index (χ2n) is 11.5. The van der Waals surface area contributed by atoms with Crippen LogP contribution in [0.5, 0.6) is 0 Å². The van der Waals surface area contributed by atoms with Gasteiger partial charge in [0, 0.05) is 18.5 Å². The third kappa shape index (κ3) is 7.91. The van der Waals surface area contributed by atoms with Crippen molar-refractivity contribution in [3.05, 3.63) is 71.8 Å². The first kappa shape index (κ1) is 29.9. The largest absolute Gasteiger partial charge is 0.462 e. The Bertz CT molecular complexity index is 1020. The fraction of sp³-hybridized carbons (Fsp3) is 0.533. The van der Waals surface area contributed by atoms with E-state index in [1.807, 2.05) is 36.4 Å². The molecule has 0 spiro atoms. The Balaban J connectivity index is 1.69. The van der Waals surface area contributed by atoms with Crippen molar-refractivity contribution >= 4 is 20.4 Å². The zero-order valence-corrected chi connectivity index (χ0v) is 24.4. The smallest absolute Gasteiger partial charge is 0.410 e. The van der Waals surface area contributed by atoms with Crippen molar-refractivity contribution in [1.29, 1.82) is 0 Å². The number of rotatable bonds is 10. The van der Waals surface area contributed by atoms with Gasteiger partial charge in [0.15, 0.2) is 8.32 Å². The molecule has 8 heteroatoms. The van der Waals surface area contributed by atoms with Crippen molar-refractivity contribution in [3.8, 4) is 0 Å². The summed E-state index contributed by atoms with van der Waals surface area (Å²) in [6.45, 7) is 11.8. The zero-order valence-electron chi connectivity index (χ0n) is 23.4. The van der Waals surface area contributed by atoms with E-state index in [0.29, 0.717) is 31.4 Å². The van der Waals surface area contributed by atoms with Crippen LogP contribution < -0.4 is 0 Å². The number of likely N-dealkylation sites (tertiary alicyclic amines) is 1. The average molecular weight is 542 g/mol. The lowest BCUT2D eigenvalue weighted by Gasteiger charge is -2.48. The van der Waals surface area contributed by atoms with Crippen LogP contribution in [-0.4, -0.2) is 62.3 Å². The van der Waals surface area contributed by atoms with Gasteiger partial charge in [0.25, 0.3) is 0 Å². The number of ether oxygens (including phenoxy) is 2. The Morgan fingerprint density at radius 1 is 1.00 bits per heavy atom. The van der Waals surface area contributed by atoms with Gasteiger partial charge in [-0.3, -0.25) is 0 Å². The molecule has 1 amide bonds. The van der Waals surface area contributed by atoms with E-state index in [0.717, 1.165) is 5.56 Å². The average Bonchev–Trinajstić information content (AvgIpc) is 2.90. The van der Waals surface area contributed by atoms with Gasteiger partial charge in [0.2, 0.25) is 0 Å². The molecule has 38 heavy (non-hydrogen) atoms. The minimum absolute atomic E-state index is 0.0277. The molecule has 1 aliphatic heterocycles. The van der Waals surface area contributed by atoms with Gasteiger partial charge in [0.05, 0.1) is 24.9 Å². The Morgan fingerprint density at radius 3 is 2.24 bits per heavy atom. The molecule has 3 rings (SSSR count). The lowest BCUT2D eigenvalue weighted by Crippen LogP contribution is -2.58. The molecule has 0 saturated carbocycles. The summed E-state index contributed by atoms with van der Waals surface area (Å²) in [7, 11) is -2.09. The summed E-state index contributed by atoms with van der Waals surface area (Å²) in [6.07, 6.45) is 1.19. The van der Waals surface area contributed by atoms with Gasteiger partial charge in [-0.05, 0) is 55.1 Å². The monoisotopic (exact) mass is 541 g/mol. The van der Waals surface area contributed by atoms with Crippen LogP contribution in [0, 0.1) is 5.92 Å². The lowest BCUT2D eigenvalue weighted by molar-refractivity contribution is -0.0362. The maximum Gasteiger partial charge on any atom is 0.410 e. The summed E-state index contributed by atoms with van der Waals surface area (Å²) in [5, 5.41) is 10.5. The van der Waals surface area contributed by atoms with Crippen molar-refractivity contribution < 1.29 is 28.6 Å². The zero-order chi connectivity index (χ0) is 27.8. The Morgan fingerprint density at radius 2 is 1.63 bits per heavy atom. The molecule has 1 fully saturated rings. The summed E-state index contributed by atoms with van der Waals surface area (Å²) in [5.74, 6) is -0.627. The van der Waals surface area contributed by atoms with E-state index in [2.05, 4.69) is 33.9 Å². The standard InChI is InChI=1S/C30H43NO6Si/c1-30(2,3)38(4,5)37-27-18-19-31(29(34)36-22-23-13-8-6-9-14-23)26(25(27)21-32)17-12-20-35-28(33)24-15-10-7-11-16-24/h6-11,13-16,25-27,32H,12,17-22H2,1-5H3/t25-,26+,27-/m1/s1. The minimum atomic E-state index is -2.09. The van der Waals surface area contributed by atoms with Crippen LogP contribution in [-0.2, 0) is 20.5 Å². The molecule has 0 aliphatic carbocycles. The quantitative estimate of drug-likeness (QED) is 0.224. The number of aliphatic hydroxyl groups excluding tert-OH is 1. The van der Waals surface area contributed by atoms with E-state index in [1.54, 1.807) is 29.2 Å². The highest BCUT2D eigenvalue weighted by Gasteiger charge is 2.46. The second-order valence-corrected chi connectivity index (χ2v) is 16.3. The van der Waals surface area contributed by atoms with Crippen LogP contribution in [0.2, 0.25) is 18.1 Å². The molecule has 2 aromatic carbocycles. The number of hydrogen-bond donors (Lipinski definition) is 1. The molecule has 1 N–H and O–H groups in total. The van der Waals surface area contributed by atoms with Crippen LogP contribution in [0.4, 0.5) is 4.79 Å². The normalized spacial score (nSPS) is 20.2. The highest BCUT2D eigenvalue weighted by Crippen LogP contribution is 2.40. The van der Waals surface area contributed by atoms with Gasteiger partial charge in [-0.15, -0.1) is 0 Å². The highest BCUT2D eigenvalue weighted by molar-refractivity contribution is 6.74. The summed E-state index contributed by atoms with van der Waals surface area (Å²) in [4.78, 5) is 27.3. The summed E-state index contributed by atoms with van der Waals surface area (Å²) >= 11 is 0. The van der Waals surface area contributed by atoms with E-state index < -0.39 is 14.4 Å². The number of benzene rings is 2. The van der Waals surface area contributed by atoms with Crippen molar-refractivity contribution in [1.82, 2.24) is 4.90 Å². The Hall–Kier alpha value is -2.68. The molecule has 0 bridgehead atoms. The third-order valence-electron chi connectivity index (χ3n) is 7.82. The van der Waals surface area contributed by atoms with Crippen LogP contribution in [0.15, 0.2) is 60.7 Å². The molecule has 1 aliphatic rings. The van der Waals surface area contributed by atoms with Crippen LogP contribution >= 0.6 is 0 Å². The SMILES string of the molecule is CC(C)(C)[Si](C)(C)O[C@@H]1CCN(C(=O)OCc2ccccc2)[C@@H](CCCOC(=O)c2ccccc2)[C@H]1CO. The molecular formula is C30H43NO6Si. The second kappa shape index (κ2) is 13.4. The highest BCUT2D eigenvalue weighted by atomic mass is 28.4. The summed E-state index contributed by atoms with van der Waals surface area (Å²) < 4.78 is 17.9. The molecule has 0 radical (unpaired) electrons. The van der Waals surface area contributed by atoms with Gasteiger partial charge >= 0.3 is 12.1 Å². The van der Waals surface area contributed by atoms with Crippen molar-refractivity contribution in [2.24, 2.45) is 5.92 Å². The number of carbonyl (C=O) groups is 2. The fourth-order valence-electron chi connectivity index (χ4n) is 4.58. The number of carbonyl (C=O) groups excluding carboxylic acids is 2. The van der Waals surface area contributed by atoms with E-state index in [-0.39, 0.29) is 48.9 Å². The predicted octanol–water partition coefficient (Wildman–Crippen LogP) is 6.03. The number of aliphatic hydroxyl groups is 1. The number of piperidine rings is 1. The van der Waals surface area contributed by atoms with E-state index in [4.69, 9.17) is 13.9 Å². The van der Waals surface area contributed by atoms with E-state index >= 15 is 0 Å². The molecule has 1 saturated heterocycles. The molecular weight excluding hydrogens is 498 g/mol. The number of amides is 1. The molecule has 0 aromatic heterocycles. The van der Waals surface area contributed by atoms with Gasteiger partial charge in [-0.2, -0.15) is 0 Å². The maximum atomic E-state index is 13.2. The van der Waals surface area contributed by atoms with Crippen molar-refractivity contribution in [2.45, 2.75) is 76.9 Å². The summed E-state index contributed by atoms with van der Waals surface area (Å²) in [5.41, 5.74) is 1.42. The Labute approximate surface area is 228 Å². The molecule has 208 valence electrons.